The highest BCUT2D eigenvalue weighted by molar-refractivity contribution is 8.18. The molecule has 3 rings (SSSR count). The van der Waals surface area contributed by atoms with Gasteiger partial charge < -0.3 is 19.7 Å². The quantitative estimate of drug-likeness (QED) is 0.150. The largest absolute Gasteiger partial charge is 0.483 e. The van der Waals surface area contributed by atoms with Crippen LogP contribution < -0.4 is 15.0 Å². The Labute approximate surface area is 241 Å². The van der Waals surface area contributed by atoms with Crippen LogP contribution in [0.2, 0.25) is 0 Å². The van der Waals surface area contributed by atoms with E-state index in [1.54, 1.807) is 19.1 Å². The second-order valence-corrected chi connectivity index (χ2v) is 10.0. The van der Waals surface area contributed by atoms with Crippen LogP contribution in [0.25, 0.3) is 6.08 Å². The first kappa shape index (κ1) is 31.1. The molecule has 1 saturated heterocycles. The van der Waals surface area contributed by atoms with Crippen LogP contribution in [0.15, 0.2) is 47.4 Å². The number of nitrogens with one attached hydrogen (secondary N) is 1. The number of nitro groups is 1. The second-order valence-electron chi connectivity index (χ2n) is 9.02. The van der Waals surface area contributed by atoms with Crippen LogP contribution in [0.4, 0.5) is 21.9 Å². The molecule has 0 unspecified atom stereocenters. The predicted molar refractivity (Wildman–Crippen MR) is 156 cm³/mol. The Bertz CT molecular complexity index is 1360. The Morgan fingerprint density at radius 2 is 1.88 bits per heavy atom. The van der Waals surface area contributed by atoms with Crippen molar-refractivity contribution in [3.63, 3.8) is 0 Å². The number of rotatable bonds is 13. The molecule has 1 atom stereocenters. The number of hydrogen-bond donors (Lipinski definition) is 1. The average molecular weight is 585 g/mol. The highest BCUT2D eigenvalue weighted by Crippen LogP contribution is 2.35. The van der Waals surface area contributed by atoms with Crippen molar-refractivity contribution in [3.8, 4) is 5.75 Å². The molecular formula is C28H32N4O8S. The van der Waals surface area contributed by atoms with Gasteiger partial charge >= 0.3 is 5.97 Å². The molecule has 0 saturated carbocycles. The molecule has 1 aliphatic rings. The van der Waals surface area contributed by atoms with Gasteiger partial charge in [0.05, 0.1) is 15.9 Å². The summed E-state index contributed by atoms with van der Waals surface area (Å²) in [4.78, 5) is 63.7. The van der Waals surface area contributed by atoms with E-state index in [0.29, 0.717) is 36.8 Å². The maximum absolute atomic E-state index is 13.0. The van der Waals surface area contributed by atoms with Crippen LogP contribution in [0.1, 0.15) is 39.7 Å². The molecule has 0 spiro atoms. The summed E-state index contributed by atoms with van der Waals surface area (Å²) >= 11 is 0.692. The summed E-state index contributed by atoms with van der Waals surface area (Å²) in [6, 6.07) is 10.8. The number of thioether (sulfide) groups is 1. The molecule has 0 bridgehead atoms. The molecule has 13 heteroatoms. The van der Waals surface area contributed by atoms with E-state index in [-0.39, 0.29) is 28.1 Å². The van der Waals surface area contributed by atoms with Gasteiger partial charge in [-0.15, -0.1) is 0 Å². The minimum absolute atomic E-state index is 0.0906. The first-order valence-electron chi connectivity index (χ1n) is 13.1. The normalized spacial score (nSPS) is 14.6. The van der Waals surface area contributed by atoms with E-state index in [2.05, 4.69) is 10.2 Å². The van der Waals surface area contributed by atoms with Crippen LogP contribution in [0, 0.1) is 10.1 Å². The molecule has 1 heterocycles. The average Bonchev–Trinajstić information content (AvgIpc) is 3.20. The van der Waals surface area contributed by atoms with Gasteiger partial charge in [0.1, 0.15) is 12.3 Å². The van der Waals surface area contributed by atoms with Crippen LogP contribution in [-0.4, -0.2) is 65.2 Å². The maximum atomic E-state index is 13.0. The number of ether oxygens (including phenoxy) is 2. The highest BCUT2D eigenvalue weighted by atomic mass is 32.2. The minimum Gasteiger partial charge on any atom is -0.483 e. The first-order valence-corrected chi connectivity index (χ1v) is 13.9. The summed E-state index contributed by atoms with van der Waals surface area (Å²) in [7, 11) is 0. The first-order chi connectivity index (χ1) is 19.6. The summed E-state index contributed by atoms with van der Waals surface area (Å²) < 4.78 is 11.0. The lowest BCUT2D eigenvalue weighted by molar-refractivity contribution is -0.384. The number of esters is 1. The molecule has 12 nitrogen and oxygen atoms in total. The van der Waals surface area contributed by atoms with Crippen molar-refractivity contribution >= 4 is 57.9 Å². The van der Waals surface area contributed by atoms with Crippen molar-refractivity contribution in [3.05, 3.63) is 63.0 Å². The smallest absolute Gasteiger partial charge is 0.326 e. The molecule has 1 aliphatic heterocycles. The SMILES string of the molecule is CC[C@H](C)OC(=O)CN1C(=O)S/C(=C/c2ccc(N(CC)CC)cc2OCC(=O)Nc2cccc([N+](=O)[O-])c2)C1=O. The molecule has 2 aromatic carbocycles. The number of carbonyl (C=O) groups is 4. The number of nitrogens with zero attached hydrogens (tertiary/aromatic N) is 3. The zero-order chi connectivity index (χ0) is 30.1. The van der Waals surface area contributed by atoms with E-state index in [1.165, 1.54) is 30.3 Å². The van der Waals surface area contributed by atoms with Crippen molar-refractivity contribution in [1.82, 2.24) is 4.90 Å². The van der Waals surface area contributed by atoms with Gasteiger partial charge in [-0.3, -0.25) is 34.2 Å². The van der Waals surface area contributed by atoms with Crippen LogP contribution >= 0.6 is 11.8 Å². The summed E-state index contributed by atoms with van der Waals surface area (Å²) in [6.07, 6.45) is 1.74. The van der Waals surface area contributed by atoms with Gasteiger partial charge in [0.2, 0.25) is 0 Å². The molecule has 1 N–H and O–H groups in total. The number of carbonyl (C=O) groups excluding carboxylic acids is 4. The van der Waals surface area contributed by atoms with Gasteiger partial charge in [0, 0.05) is 48.2 Å². The number of non-ortho nitro benzene ring substituents is 1. The van der Waals surface area contributed by atoms with Crippen LogP contribution in [0.5, 0.6) is 5.75 Å². The Hall–Kier alpha value is -4.39. The fourth-order valence-corrected chi connectivity index (χ4v) is 4.67. The number of imide groups is 1. The summed E-state index contributed by atoms with van der Waals surface area (Å²) in [5, 5.41) is 13.0. The lowest BCUT2D eigenvalue weighted by Gasteiger charge is -2.22. The van der Waals surface area contributed by atoms with E-state index in [1.807, 2.05) is 26.8 Å². The zero-order valence-electron chi connectivity index (χ0n) is 23.2. The zero-order valence-corrected chi connectivity index (χ0v) is 24.1. The minimum atomic E-state index is -0.676. The third-order valence-electron chi connectivity index (χ3n) is 6.18. The van der Waals surface area contributed by atoms with Gasteiger partial charge in [0.15, 0.2) is 6.61 Å². The number of amides is 3. The summed E-state index contributed by atoms with van der Waals surface area (Å²) in [6.45, 7) is 8.08. The topological polar surface area (TPSA) is 148 Å². The van der Waals surface area contributed by atoms with Crippen molar-refractivity contribution in [2.75, 3.05) is 36.5 Å². The van der Waals surface area contributed by atoms with Gasteiger partial charge in [-0.1, -0.05) is 13.0 Å². The Balaban J connectivity index is 1.81. The third kappa shape index (κ3) is 8.30. The lowest BCUT2D eigenvalue weighted by Crippen LogP contribution is -2.35. The van der Waals surface area contributed by atoms with Gasteiger partial charge in [0.25, 0.3) is 22.7 Å². The van der Waals surface area contributed by atoms with E-state index in [4.69, 9.17) is 9.47 Å². The summed E-state index contributed by atoms with van der Waals surface area (Å²) in [5.41, 5.74) is 1.34. The molecule has 3 amide bonds. The Morgan fingerprint density at radius 3 is 2.54 bits per heavy atom. The molecular weight excluding hydrogens is 552 g/mol. The summed E-state index contributed by atoms with van der Waals surface area (Å²) in [5.74, 6) is -1.58. The second kappa shape index (κ2) is 14.3. The van der Waals surface area contributed by atoms with Crippen molar-refractivity contribution < 1.29 is 33.6 Å². The number of benzene rings is 2. The van der Waals surface area contributed by atoms with Gasteiger partial charge in [-0.2, -0.15) is 0 Å². The van der Waals surface area contributed by atoms with E-state index < -0.39 is 41.1 Å². The molecule has 0 aliphatic carbocycles. The lowest BCUT2D eigenvalue weighted by atomic mass is 10.1. The molecule has 2 aromatic rings. The molecule has 0 aromatic heterocycles. The number of anilines is 2. The number of nitro benzene ring substituents is 1. The number of hydrogen-bond acceptors (Lipinski definition) is 10. The fraction of sp³-hybridized carbons (Fsp3) is 0.357. The Kier molecular flexibility index (Phi) is 10.9. The van der Waals surface area contributed by atoms with E-state index >= 15 is 0 Å². The Morgan fingerprint density at radius 1 is 1.15 bits per heavy atom. The molecule has 1 fully saturated rings. The highest BCUT2D eigenvalue weighted by Gasteiger charge is 2.37. The van der Waals surface area contributed by atoms with Crippen molar-refractivity contribution in [2.24, 2.45) is 0 Å². The molecule has 0 radical (unpaired) electrons. The van der Waals surface area contributed by atoms with Crippen LogP contribution in [0.3, 0.4) is 0 Å². The van der Waals surface area contributed by atoms with Gasteiger partial charge in [-0.05, 0) is 63.2 Å². The standard InChI is InChI=1S/C28H32N4O8S/c1-5-18(4)40-26(34)16-31-27(35)24(41-28(31)36)13-19-11-12-21(30(6-2)7-3)15-23(19)39-17-25(33)29-20-9-8-10-22(14-20)32(37)38/h8-15,18H,5-7,16-17H2,1-4H3,(H,29,33)/b24-13+/t18-/m0/s1. The van der Waals surface area contributed by atoms with Crippen molar-refractivity contribution in [2.45, 2.75) is 40.2 Å². The maximum Gasteiger partial charge on any atom is 0.326 e. The van der Waals surface area contributed by atoms with Gasteiger partial charge in [-0.25, -0.2) is 0 Å². The van der Waals surface area contributed by atoms with Crippen LogP contribution in [-0.2, 0) is 19.1 Å². The van der Waals surface area contributed by atoms with E-state index in [9.17, 15) is 29.3 Å². The molecule has 41 heavy (non-hydrogen) atoms. The van der Waals surface area contributed by atoms with E-state index in [0.717, 1.165) is 10.6 Å². The fourth-order valence-electron chi connectivity index (χ4n) is 3.84. The third-order valence-corrected chi connectivity index (χ3v) is 7.09. The van der Waals surface area contributed by atoms with Crippen molar-refractivity contribution in [1.29, 1.82) is 0 Å². The predicted octanol–water partition coefficient (Wildman–Crippen LogP) is 4.84. The molecule has 218 valence electrons. The monoisotopic (exact) mass is 584 g/mol.